The normalized spacial score (nSPS) is 10.3. The van der Waals surface area contributed by atoms with Crippen LogP contribution >= 0.6 is 0 Å². The maximum atomic E-state index is 11.1. The van der Waals surface area contributed by atoms with Crippen LogP contribution < -0.4 is 0 Å². The number of rotatable bonds is 6. The van der Waals surface area contributed by atoms with E-state index in [0.717, 1.165) is 13.0 Å². The maximum Gasteiger partial charge on any atom is 0.341 e. The first kappa shape index (κ1) is 11.8. The summed E-state index contributed by atoms with van der Waals surface area (Å²) in [5, 5.41) is 4.10. The molecule has 0 fully saturated rings. The molecule has 1 heterocycles. The SMILES string of the molecule is CCCCCCn1cc(C(=O)OC)cn1. The molecule has 0 aromatic carbocycles. The zero-order chi connectivity index (χ0) is 11.1. The average molecular weight is 210 g/mol. The second-order valence-electron chi connectivity index (χ2n) is 3.54. The summed E-state index contributed by atoms with van der Waals surface area (Å²) < 4.78 is 6.39. The van der Waals surface area contributed by atoms with E-state index in [4.69, 9.17) is 0 Å². The maximum absolute atomic E-state index is 11.1. The molecule has 1 aromatic heterocycles. The number of esters is 1. The lowest BCUT2D eigenvalue weighted by atomic mass is 10.2. The second-order valence-corrected chi connectivity index (χ2v) is 3.54. The number of nitrogens with zero attached hydrogens (tertiary/aromatic N) is 2. The van der Waals surface area contributed by atoms with Crippen LogP contribution in [0.25, 0.3) is 0 Å². The second kappa shape index (κ2) is 6.22. The lowest BCUT2D eigenvalue weighted by Gasteiger charge is -1.99. The van der Waals surface area contributed by atoms with E-state index in [-0.39, 0.29) is 5.97 Å². The van der Waals surface area contributed by atoms with Gasteiger partial charge in [0, 0.05) is 12.7 Å². The van der Waals surface area contributed by atoms with Crippen molar-refractivity contribution in [1.82, 2.24) is 9.78 Å². The number of carbonyl (C=O) groups is 1. The quantitative estimate of drug-likeness (QED) is 0.534. The topological polar surface area (TPSA) is 44.1 Å². The van der Waals surface area contributed by atoms with Crippen LogP contribution in [0.15, 0.2) is 12.4 Å². The lowest BCUT2D eigenvalue weighted by Crippen LogP contribution is -2.00. The van der Waals surface area contributed by atoms with Gasteiger partial charge in [0.2, 0.25) is 0 Å². The predicted molar refractivity (Wildman–Crippen MR) is 57.7 cm³/mol. The molecule has 0 spiro atoms. The Kier molecular flexibility index (Phi) is 4.87. The molecule has 0 unspecified atom stereocenters. The summed E-state index contributed by atoms with van der Waals surface area (Å²) in [7, 11) is 1.38. The van der Waals surface area contributed by atoms with Crippen LogP contribution in [0.5, 0.6) is 0 Å². The summed E-state index contributed by atoms with van der Waals surface area (Å²) >= 11 is 0. The van der Waals surface area contributed by atoms with Crippen molar-refractivity contribution in [2.45, 2.75) is 39.2 Å². The van der Waals surface area contributed by atoms with Crippen molar-refractivity contribution >= 4 is 5.97 Å². The highest BCUT2D eigenvalue weighted by molar-refractivity contribution is 5.88. The first-order valence-electron chi connectivity index (χ1n) is 5.38. The van der Waals surface area contributed by atoms with Gasteiger partial charge in [0.1, 0.15) is 0 Å². The minimum Gasteiger partial charge on any atom is -0.465 e. The zero-order valence-corrected chi connectivity index (χ0v) is 9.40. The van der Waals surface area contributed by atoms with Gasteiger partial charge in [-0.2, -0.15) is 5.10 Å². The van der Waals surface area contributed by atoms with Gasteiger partial charge in [0.15, 0.2) is 0 Å². The number of carbonyl (C=O) groups excluding carboxylic acids is 1. The number of aromatic nitrogens is 2. The van der Waals surface area contributed by atoms with E-state index in [0.29, 0.717) is 5.56 Å². The molecular formula is C11H18N2O2. The average Bonchev–Trinajstić information content (AvgIpc) is 2.72. The van der Waals surface area contributed by atoms with Crippen molar-refractivity contribution in [2.24, 2.45) is 0 Å². The third-order valence-electron chi connectivity index (χ3n) is 2.30. The van der Waals surface area contributed by atoms with E-state index in [1.165, 1.54) is 26.4 Å². The summed E-state index contributed by atoms with van der Waals surface area (Å²) in [6.07, 6.45) is 8.08. The van der Waals surface area contributed by atoms with Gasteiger partial charge in [-0.1, -0.05) is 26.2 Å². The van der Waals surface area contributed by atoms with Crippen molar-refractivity contribution in [3.63, 3.8) is 0 Å². The number of unbranched alkanes of at least 4 members (excludes halogenated alkanes) is 3. The molecule has 0 aliphatic heterocycles. The molecule has 0 saturated heterocycles. The highest BCUT2D eigenvalue weighted by atomic mass is 16.5. The van der Waals surface area contributed by atoms with Crippen LogP contribution in [0.1, 0.15) is 43.0 Å². The first-order chi connectivity index (χ1) is 7.27. The van der Waals surface area contributed by atoms with Crippen molar-refractivity contribution in [3.05, 3.63) is 18.0 Å². The fourth-order valence-corrected chi connectivity index (χ4v) is 1.41. The predicted octanol–water partition coefficient (Wildman–Crippen LogP) is 2.25. The first-order valence-corrected chi connectivity index (χ1v) is 5.38. The van der Waals surface area contributed by atoms with Crippen molar-refractivity contribution in [2.75, 3.05) is 7.11 Å². The van der Waals surface area contributed by atoms with Gasteiger partial charge in [-0.15, -0.1) is 0 Å². The van der Waals surface area contributed by atoms with Crippen molar-refractivity contribution in [3.8, 4) is 0 Å². The van der Waals surface area contributed by atoms with Crippen LogP contribution in [-0.2, 0) is 11.3 Å². The standard InChI is InChI=1S/C11H18N2O2/c1-3-4-5-6-7-13-9-10(8-12-13)11(14)15-2/h8-9H,3-7H2,1-2H3. The summed E-state index contributed by atoms with van der Waals surface area (Å²) in [5.74, 6) is -0.324. The molecule has 0 aliphatic carbocycles. The molecule has 0 saturated carbocycles. The van der Waals surface area contributed by atoms with E-state index in [1.54, 1.807) is 17.1 Å². The number of methoxy groups -OCH3 is 1. The Hall–Kier alpha value is -1.32. The fraction of sp³-hybridized carbons (Fsp3) is 0.636. The van der Waals surface area contributed by atoms with Crippen LogP contribution in [-0.4, -0.2) is 22.9 Å². The Morgan fingerprint density at radius 1 is 1.47 bits per heavy atom. The van der Waals surface area contributed by atoms with Crippen LogP contribution in [0.2, 0.25) is 0 Å². The fourth-order valence-electron chi connectivity index (χ4n) is 1.41. The van der Waals surface area contributed by atoms with Gasteiger partial charge in [-0.05, 0) is 6.42 Å². The minimum atomic E-state index is -0.324. The van der Waals surface area contributed by atoms with E-state index >= 15 is 0 Å². The lowest BCUT2D eigenvalue weighted by molar-refractivity contribution is 0.0600. The Balaban J connectivity index is 2.36. The third-order valence-corrected chi connectivity index (χ3v) is 2.30. The number of aryl methyl sites for hydroxylation is 1. The molecule has 0 aliphatic rings. The third kappa shape index (κ3) is 3.73. The molecule has 0 N–H and O–H groups in total. The van der Waals surface area contributed by atoms with E-state index in [1.807, 2.05) is 0 Å². The molecule has 0 radical (unpaired) electrons. The molecule has 0 atom stereocenters. The molecule has 4 heteroatoms. The van der Waals surface area contributed by atoms with E-state index in [2.05, 4.69) is 16.8 Å². The van der Waals surface area contributed by atoms with Crippen LogP contribution in [0.3, 0.4) is 0 Å². The highest BCUT2D eigenvalue weighted by Crippen LogP contribution is 2.04. The molecule has 15 heavy (non-hydrogen) atoms. The molecule has 1 rings (SSSR count). The number of hydrogen-bond donors (Lipinski definition) is 0. The van der Waals surface area contributed by atoms with Crippen LogP contribution in [0, 0.1) is 0 Å². The summed E-state index contributed by atoms with van der Waals surface area (Å²) in [6, 6.07) is 0. The molecule has 4 nitrogen and oxygen atoms in total. The Bertz CT molecular complexity index is 307. The van der Waals surface area contributed by atoms with Crippen molar-refractivity contribution in [1.29, 1.82) is 0 Å². The Morgan fingerprint density at radius 3 is 2.93 bits per heavy atom. The number of ether oxygens (including phenoxy) is 1. The molecule has 84 valence electrons. The van der Waals surface area contributed by atoms with Gasteiger partial charge < -0.3 is 4.74 Å². The summed E-state index contributed by atoms with van der Waals surface area (Å²) in [4.78, 5) is 11.1. The zero-order valence-electron chi connectivity index (χ0n) is 9.40. The Morgan fingerprint density at radius 2 is 2.27 bits per heavy atom. The van der Waals surface area contributed by atoms with Crippen LogP contribution in [0.4, 0.5) is 0 Å². The molecule has 0 bridgehead atoms. The highest BCUT2D eigenvalue weighted by Gasteiger charge is 2.07. The summed E-state index contributed by atoms with van der Waals surface area (Å²) in [6.45, 7) is 3.06. The van der Waals surface area contributed by atoms with Gasteiger partial charge in [0.25, 0.3) is 0 Å². The van der Waals surface area contributed by atoms with Gasteiger partial charge in [-0.3, -0.25) is 4.68 Å². The van der Waals surface area contributed by atoms with Gasteiger partial charge in [-0.25, -0.2) is 4.79 Å². The number of hydrogen-bond acceptors (Lipinski definition) is 3. The smallest absolute Gasteiger partial charge is 0.341 e. The molecule has 1 aromatic rings. The van der Waals surface area contributed by atoms with Crippen molar-refractivity contribution < 1.29 is 9.53 Å². The molecule has 0 amide bonds. The molecular weight excluding hydrogens is 192 g/mol. The van der Waals surface area contributed by atoms with Gasteiger partial charge in [0.05, 0.1) is 18.9 Å². The van der Waals surface area contributed by atoms with E-state index < -0.39 is 0 Å². The Labute approximate surface area is 90.2 Å². The van der Waals surface area contributed by atoms with E-state index in [9.17, 15) is 4.79 Å². The largest absolute Gasteiger partial charge is 0.465 e. The monoisotopic (exact) mass is 210 g/mol. The van der Waals surface area contributed by atoms with Gasteiger partial charge >= 0.3 is 5.97 Å². The minimum absolute atomic E-state index is 0.324. The summed E-state index contributed by atoms with van der Waals surface area (Å²) in [5.41, 5.74) is 0.521.